The fourth-order valence-corrected chi connectivity index (χ4v) is 3.43. The van der Waals surface area contributed by atoms with Crippen molar-refractivity contribution in [3.8, 4) is 17.2 Å². The van der Waals surface area contributed by atoms with Gasteiger partial charge in [-0.2, -0.15) is 0 Å². The second-order valence-corrected chi connectivity index (χ2v) is 7.15. The quantitative estimate of drug-likeness (QED) is 0.603. The summed E-state index contributed by atoms with van der Waals surface area (Å²) in [6.07, 6.45) is 0.987. The highest BCUT2D eigenvalue weighted by Gasteiger charge is 2.22. The van der Waals surface area contributed by atoms with Gasteiger partial charge in [-0.05, 0) is 44.2 Å². The van der Waals surface area contributed by atoms with Crippen LogP contribution in [0.15, 0.2) is 51.7 Å². The van der Waals surface area contributed by atoms with Gasteiger partial charge in [-0.15, -0.1) is 0 Å². The van der Waals surface area contributed by atoms with Crippen molar-refractivity contribution in [2.75, 3.05) is 13.2 Å². The van der Waals surface area contributed by atoms with Crippen molar-refractivity contribution in [1.82, 2.24) is 5.32 Å². The van der Waals surface area contributed by atoms with Crippen LogP contribution < -0.4 is 25.2 Å². The first-order valence-electron chi connectivity index (χ1n) is 9.90. The fraction of sp³-hybridized carbons (Fsp3) is 0.304. The average Bonchev–Trinajstić information content (AvgIpc) is 3.09. The molecule has 2 heterocycles. The molecule has 1 N–H and O–H groups in total. The van der Waals surface area contributed by atoms with E-state index in [-0.39, 0.29) is 18.6 Å². The van der Waals surface area contributed by atoms with Crippen LogP contribution in [0.2, 0.25) is 0 Å². The molecule has 0 saturated heterocycles. The van der Waals surface area contributed by atoms with Gasteiger partial charge in [0.25, 0.3) is 5.91 Å². The minimum atomic E-state index is -0.435. The zero-order valence-electron chi connectivity index (χ0n) is 16.9. The summed E-state index contributed by atoms with van der Waals surface area (Å²) >= 11 is 0. The Bertz CT molecular complexity index is 1140. The molecule has 0 spiro atoms. The summed E-state index contributed by atoms with van der Waals surface area (Å²) in [7, 11) is 0. The van der Waals surface area contributed by atoms with E-state index in [1.54, 1.807) is 24.3 Å². The summed E-state index contributed by atoms with van der Waals surface area (Å²) in [6.45, 7) is 4.63. The van der Waals surface area contributed by atoms with Crippen LogP contribution in [0.3, 0.4) is 0 Å². The van der Waals surface area contributed by atoms with Crippen LogP contribution in [-0.2, 0) is 17.8 Å². The molecule has 30 heavy (non-hydrogen) atoms. The Balaban J connectivity index is 1.38. The van der Waals surface area contributed by atoms with Crippen molar-refractivity contribution in [2.24, 2.45) is 0 Å². The first kappa shape index (κ1) is 19.8. The van der Waals surface area contributed by atoms with Crippen LogP contribution in [0.5, 0.6) is 17.2 Å². The maximum Gasteiger partial charge on any atom is 0.336 e. The normalized spacial score (nSPS) is 14.8. The van der Waals surface area contributed by atoms with E-state index in [9.17, 15) is 9.59 Å². The number of hydrogen-bond donors (Lipinski definition) is 1. The van der Waals surface area contributed by atoms with E-state index in [0.29, 0.717) is 24.5 Å². The van der Waals surface area contributed by atoms with Gasteiger partial charge in [0.15, 0.2) is 6.61 Å². The maximum absolute atomic E-state index is 12.3. The zero-order chi connectivity index (χ0) is 21.1. The smallest absolute Gasteiger partial charge is 0.336 e. The van der Waals surface area contributed by atoms with Gasteiger partial charge < -0.3 is 23.9 Å². The highest BCUT2D eigenvalue weighted by Crippen LogP contribution is 2.35. The molecule has 1 atom stereocenters. The summed E-state index contributed by atoms with van der Waals surface area (Å²) in [5, 5.41) is 3.62. The Hall–Kier alpha value is -3.48. The Morgan fingerprint density at radius 2 is 2.00 bits per heavy atom. The first-order chi connectivity index (χ1) is 14.5. The number of carbonyl (C=O) groups excluding carboxylic acids is 1. The maximum atomic E-state index is 12.3. The van der Waals surface area contributed by atoms with Crippen molar-refractivity contribution in [3.05, 3.63) is 64.0 Å². The number of rotatable bonds is 7. The number of hydrogen-bond acceptors (Lipinski definition) is 6. The zero-order valence-corrected chi connectivity index (χ0v) is 16.9. The number of amides is 1. The van der Waals surface area contributed by atoms with Gasteiger partial charge in [0, 0.05) is 41.6 Å². The summed E-state index contributed by atoms with van der Waals surface area (Å²) in [5.74, 6) is 1.76. The molecule has 0 unspecified atom stereocenters. The Morgan fingerprint density at radius 1 is 1.17 bits per heavy atom. The average molecular weight is 409 g/mol. The number of nitrogens with one attached hydrogen (secondary N) is 1. The molecule has 1 aliphatic rings. The van der Waals surface area contributed by atoms with Crippen LogP contribution in [-0.4, -0.2) is 25.2 Å². The van der Waals surface area contributed by atoms with Crippen molar-refractivity contribution in [2.45, 2.75) is 32.9 Å². The molecule has 2 aromatic carbocycles. The van der Waals surface area contributed by atoms with Gasteiger partial charge in [-0.25, -0.2) is 4.79 Å². The topological polar surface area (TPSA) is 87.0 Å². The molecule has 0 fully saturated rings. The third-order valence-electron chi connectivity index (χ3n) is 4.82. The Labute approximate surface area is 173 Å². The van der Waals surface area contributed by atoms with Crippen LogP contribution in [0.4, 0.5) is 0 Å². The molecule has 0 aliphatic carbocycles. The summed E-state index contributed by atoms with van der Waals surface area (Å²) in [5.41, 5.74) is 1.95. The molecule has 1 aromatic heterocycles. The van der Waals surface area contributed by atoms with Crippen LogP contribution >= 0.6 is 0 Å². The number of carbonyl (C=O) groups is 1. The van der Waals surface area contributed by atoms with E-state index < -0.39 is 5.63 Å². The largest absolute Gasteiger partial charge is 0.494 e. The molecule has 0 bridgehead atoms. The Morgan fingerprint density at radius 3 is 2.83 bits per heavy atom. The van der Waals surface area contributed by atoms with Crippen molar-refractivity contribution in [3.63, 3.8) is 0 Å². The van der Waals surface area contributed by atoms with E-state index in [2.05, 4.69) is 5.32 Å². The standard InChI is InChI=1S/C23H23NO6/c1-3-27-19-9-16-8-14(2)29-20(16)10-17(19)12-24-22(25)13-28-18-6-4-15-5-7-23(26)30-21(15)11-18/h4-7,9-11,14H,3,8,12-13H2,1-2H3,(H,24,25)/t14-/m1/s1. The van der Waals surface area contributed by atoms with Gasteiger partial charge in [0.1, 0.15) is 28.9 Å². The van der Waals surface area contributed by atoms with Gasteiger partial charge in [0.2, 0.25) is 0 Å². The van der Waals surface area contributed by atoms with Gasteiger partial charge in [-0.3, -0.25) is 4.79 Å². The molecule has 4 rings (SSSR count). The number of fused-ring (bicyclic) bond motifs is 2. The molecule has 0 saturated carbocycles. The molecular weight excluding hydrogens is 386 g/mol. The summed E-state index contributed by atoms with van der Waals surface area (Å²) in [6, 6.07) is 12.0. The second kappa shape index (κ2) is 8.49. The SMILES string of the molecule is CCOc1cc2c(cc1CNC(=O)COc1ccc3ccc(=O)oc3c1)O[C@H](C)C2. The highest BCUT2D eigenvalue weighted by atomic mass is 16.5. The fourth-order valence-electron chi connectivity index (χ4n) is 3.43. The lowest BCUT2D eigenvalue weighted by molar-refractivity contribution is -0.123. The lowest BCUT2D eigenvalue weighted by Crippen LogP contribution is -2.28. The number of benzene rings is 2. The molecule has 0 radical (unpaired) electrons. The van der Waals surface area contributed by atoms with E-state index in [1.165, 1.54) is 6.07 Å². The van der Waals surface area contributed by atoms with Crippen molar-refractivity contribution >= 4 is 16.9 Å². The molecule has 1 amide bonds. The van der Waals surface area contributed by atoms with E-state index in [0.717, 1.165) is 34.4 Å². The van der Waals surface area contributed by atoms with Gasteiger partial charge >= 0.3 is 5.63 Å². The molecule has 7 heteroatoms. The molecular formula is C23H23NO6. The second-order valence-electron chi connectivity index (χ2n) is 7.15. The predicted octanol–water partition coefficient (Wildman–Crippen LogP) is 3.21. The first-order valence-corrected chi connectivity index (χ1v) is 9.90. The lowest BCUT2D eigenvalue weighted by Gasteiger charge is -2.13. The van der Waals surface area contributed by atoms with Crippen LogP contribution in [0, 0.1) is 0 Å². The summed E-state index contributed by atoms with van der Waals surface area (Å²) in [4.78, 5) is 23.6. The van der Waals surface area contributed by atoms with E-state index in [1.807, 2.05) is 26.0 Å². The van der Waals surface area contributed by atoms with Gasteiger partial charge in [-0.1, -0.05) is 0 Å². The summed E-state index contributed by atoms with van der Waals surface area (Å²) < 4.78 is 22.2. The minimum Gasteiger partial charge on any atom is -0.494 e. The molecule has 7 nitrogen and oxygen atoms in total. The highest BCUT2D eigenvalue weighted by molar-refractivity contribution is 5.79. The van der Waals surface area contributed by atoms with Crippen molar-refractivity contribution < 1.29 is 23.4 Å². The van der Waals surface area contributed by atoms with E-state index in [4.69, 9.17) is 18.6 Å². The third-order valence-corrected chi connectivity index (χ3v) is 4.82. The monoisotopic (exact) mass is 409 g/mol. The van der Waals surface area contributed by atoms with E-state index >= 15 is 0 Å². The van der Waals surface area contributed by atoms with Crippen LogP contribution in [0.1, 0.15) is 25.0 Å². The lowest BCUT2D eigenvalue weighted by atomic mass is 10.1. The Kier molecular flexibility index (Phi) is 5.61. The predicted molar refractivity (Wildman–Crippen MR) is 111 cm³/mol. The molecule has 3 aromatic rings. The number of ether oxygens (including phenoxy) is 3. The minimum absolute atomic E-state index is 0.138. The van der Waals surface area contributed by atoms with Crippen molar-refractivity contribution in [1.29, 1.82) is 0 Å². The van der Waals surface area contributed by atoms with Gasteiger partial charge in [0.05, 0.1) is 6.61 Å². The molecule has 156 valence electrons. The third kappa shape index (κ3) is 4.40. The molecule has 1 aliphatic heterocycles. The van der Waals surface area contributed by atoms with Crippen LogP contribution in [0.25, 0.3) is 11.0 Å².